The van der Waals surface area contributed by atoms with Gasteiger partial charge in [-0.2, -0.15) is 0 Å². The van der Waals surface area contributed by atoms with E-state index in [-0.39, 0.29) is 11.3 Å². The molecule has 24 heavy (non-hydrogen) atoms. The van der Waals surface area contributed by atoms with E-state index < -0.39 is 0 Å². The number of hydrogen-bond acceptors (Lipinski definition) is 2. The summed E-state index contributed by atoms with van der Waals surface area (Å²) in [5, 5.41) is 0.686. The van der Waals surface area contributed by atoms with Gasteiger partial charge >= 0.3 is 0 Å². The summed E-state index contributed by atoms with van der Waals surface area (Å²) in [4.78, 5) is 14.9. The number of likely N-dealkylation sites (tertiary alicyclic amines) is 1. The number of carbonyl (C=O) groups is 1. The van der Waals surface area contributed by atoms with E-state index in [1.54, 1.807) is 0 Å². The van der Waals surface area contributed by atoms with Crippen LogP contribution in [-0.4, -0.2) is 35.0 Å². The zero-order valence-corrected chi connectivity index (χ0v) is 15.2. The van der Waals surface area contributed by atoms with E-state index in [1.165, 1.54) is 0 Å². The summed E-state index contributed by atoms with van der Waals surface area (Å²) in [5.74, 6) is 0.0913. The van der Waals surface area contributed by atoms with Crippen LogP contribution in [0.15, 0.2) is 30.3 Å². The molecule has 0 bridgehead atoms. The number of hydrogen-bond donors (Lipinski definition) is 1. The van der Waals surface area contributed by atoms with E-state index in [4.69, 9.17) is 17.3 Å². The van der Waals surface area contributed by atoms with Gasteiger partial charge < -0.3 is 15.2 Å². The average molecular weight is 346 g/mol. The first kappa shape index (κ1) is 17.1. The van der Waals surface area contributed by atoms with E-state index in [1.807, 2.05) is 49.1 Å². The second-order valence-electron chi connectivity index (χ2n) is 7.09. The monoisotopic (exact) mass is 345 g/mol. The van der Waals surface area contributed by atoms with Crippen molar-refractivity contribution in [1.82, 2.24) is 9.47 Å². The molecular weight excluding hydrogens is 322 g/mol. The largest absolute Gasteiger partial charge is 0.338 e. The fraction of sp³-hybridized carbons (Fsp3) is 0.421. The topological polar surface area (TPSA) is 51.3 Å². The molecule has 2 heterocycles. The minimum atomic E-state index is 0.0358. The van der Waals surface area contributed by atoms with Gasteiger partial charge in [0.25, 0.3) is 5.91 Å². The summed E-state index contributed by atoms with van der Waals surface area (Å²) >= 11 is 6.12. The van der Waals surface area contributed by atoms with Gasteiger partial charge in [-0.3, -0.25) is 4.79 Å². The van der Waals surface area contributed by atoms with Gasteiger partial charge in [0.2, 0.25) is 0 Å². The van der Waals surface area contributed by atoms with Crippen molar-refractivity contribution in [2.24, 2.45) is 11.1 Å². The molecule has 0 saturated carbocycles. The highest BCUT2D eigenvalue weighted by molar-refractivity contribution is 6.30. The standard InChI is InChI=1S/C19H24ClN3O/c1-13-9-17(18(24)22-8-7-19(3,11-21)12-22)14(2)23(13)16-6-4-5-15(20)10-16/h4-6,9-10H,7-8,11-12,21H2,1-3H3. The summed E-state index contributed by atoms with van der Waals surface area (Å²) in [6.07, 6.45) is 0.961. The summed E-state index contributed by atoms with van der Waals surface area (Å²) in [6.45, 7) is 8.25. The highest BCUT2D eigenvalue weighted by atomic mass is 35.5. The van der Waals surface area contributed by atoms with Crippen molar-refractivity contribution >= 4 is 17.5 Å². The molecule has 5 heteroatoms. The van der Waals surface area contributed by atoms with Crippen molar-refractivity contribution in [3.8, 4) is 5.69 Å². The van der Waals surface area contributed by atoms with Gasteiger partial charge in [0, 0.05) is 35.2 Å². The quantitative estimate of drug-likeness (QED) is 0.924. The Kier molecular flexibility index (Phi) is 4.45. The van der Waals surface area contributed by atoms with E-state index in [2.05, 4.69) is 11.5 Å². The molecule has 3 rings (SSSR count). The van der Waals surface area contributed by atoms with Crippen LogP contribution in [0.4, 0.5) is 0 Å². The zero-order valence-electron chi connectivity index (χ0n) is 14.5. The van der Waals surface area contributed by atoms with Crippen LogP contribution in [0.3, 0.4) is 0 Å². The second-order valence-corrected chi connectivity index (χ2v) is 7.53. The lowest BCUT2D eigenvalue weighted by atomic mass is 9.90. The zero-order chi connectivity index (χ0) is 17.5. The van der Waals surface area contributed by atoms with Gasteiger partial charge in [0.1, 0.15) is 0 Å². The van der Waals surface area contributed by atoms with Gasteiger partial charge in [-0.15, -0.1) is 0 Å². The van der Waals surface area contributed by atoms with Gasteiger partial charge in [-0.25, -0.2) is 0 Å². The minimum Gasteiger partial charge on any atom is -0.338 e. The molecule has 0 aliphatic carbocycles. The van der Waals surface area contributed by atoms with Gasteiger partial charge in [0.05, 0.1) is 5.56 Å². The molecule has 0 radical (unpaired) electrons. The van der Waals surface area contributed by atoms with E-state index in [0.717, 1.165) is 42.1 Å². The summed E-state index contributed by atoms with van der Waals surface area (Å²) in [7, 11) is 0. The average Bonchev–Trinajstić information content (AvgIpc) is 3.08. The molecular formula is C19H24ClN3O. The molecule has 1 saturated heterocycles. The van der Waals surface area contributed by atoms with E-state index >= 15 is 0 Å². The molecule has 1 aliphatic rings. The summed E-state index contributed by atoms with van der Waals surface area (Å²) < 4.78 is 2.08. The van der Waals surface area contributed by atoms with Crippen molar-refractivity contribution in [1.29, 1.82) is 0 Å². The smallest absolute Gasteiger partial charge is 0.255 e. The van der Waals surface area contributed by atoms with Crippen LogP contribution in [0.5, 0.6) is 0 Å². The highest BCUT2D eigenvalue weighted by Gasteiger charge is 2.36. The van der Waals surface area contributed by atoms with Crippen molar-refractivity contribution in [2.45, 2.75) is 27.2 Å². The molecule has 1 amide bonds. The van der Waals surface area contributed by atoms with Crippen molar-refractivity contribution in [2.75, 3.05) is 19.6 Å². The fourth-order valence-corrected chi connectivity index (χ4v) is 3.71. The van der Waals surface area contributed by atoms with Crippen molar-refractivity contribution < 1.29 is 4.79 Å². The Labute approximate surface area is 148 Å². The third-order valence-corrected chi connectivity index (χ3v) is 5.30. The highest BCUT2D eigenvalue weighted by Crippen LogP contribution is 2.31. The van der Waals surface area contributed by atoms with Crippen molar-refractivity contribution in [3.63, 3.8) is 0 Å². The lowest BCUT2D eigenvalue weighted by Crippen LogP contribution is -2.34. The van der Waals surface area contributed by atoms with E-state index in [0.29, 0.717) is 11.6 Å². The molecule has 2 aromatic rings. The van der Waals surface area contributed by atoms with Crippen LogP contribution in [0.2, 0.25) is 5.02 Å². The number of nitrogens with zero attached hydrogens (tertiary/aromatic N) is 2. The van der Waals surface area contributed by atoms with Crippen LogP contribution in [0.25, 0.3) is 5.69 Å². The normalized spacial score (nSPS) is 20.6. The predicted molar refractivity (Wildman–Crippen MR) is 97.9 cm³/mol. The van der Waals surface area contributed by atoms with Gasteiger partial charge in [-0.05, 0) is 56.5 Å². The first-order chi connectivity index (χ1) is 11.3. The minimum absolute atomic E-state index is 0.0358. The number of benzene rings is 1. The van der Waals surface area contributed by atoms with Crippen molar-refractivity contribution in [3.05, 3.63) is 52.3 Å². The Bertz CT molecular complexity index is 783. The first-order valence-electron chi connectivity index (χ1n) is 8.29. The molecule has 0 spiro atoms. The Morgan fingerprint density at radius 3 is 2.71 bits per heavy atom. The Morgan fingerprint density at radius 1 is 1.33 bits per heavy atom. The number of rotatable bonds is 3. The van der Waals surface area contributed by atoms with Crippen LogP contribution in [0.1, 0.15) is 35.1 Å². The molecule has 1 fully saturated rings. The molecule has 1 atom stereocenters. The first-order valence-corrected chi connectivity index (χ1v) is 8.67. The van der Waals surface area contributed by atoms with Crippen LogP contribution in [0, 0.1) is 19.3 Å². The molecule has 2 N–H and O–H groups in total. The summed E-state index contributed by atoms with van der Waals surface area (Å²) in [6, 6.07) is 9.66. The maximum absolute atomic E-state index is 13.0. The molecule has 4 nitrogen and oxygen atoms in total. The number of amides is 1. The third kappa shape index (κ3) is 2.96. The molecule has 1 unspecified atom stereocenters. The predicted octanol–water partition coefficient (Wildman–Crippen LogP) is 3.56. The number of aromatic nitrogens is 1. The number of carbonyl (C=O) groups excluding carboxylic acids is 1. The molecule has 1 aromatic heterocycles. The van der Waals surface area contributed by atoms with Crippen LogP contribution in [-0.2, 0) is 0 Å². The maximum Gasteiger partial charge on any atom is 0.255 e. The Hall–Kier alpha value is -1.78. The molecule has 128 valence electrons. The molecule has 1 aliphatic heterocycles. The second kappa shape index (κ2) is 6.26. The van der Waals surface area contributed by atoms with E-state index in [9.17, 15) is 4.79 Å². The van der Waals surface area contributed by atoms with Gasteiger partial charge in [0.15, 0.2) is 0 Å². The Balaban J connectivity index is 1.93. The Morgan fingerprint density at radius 2 is 2.08 bits per heavy atom. The number of nitrogens with two attached hydrogens (primary N) is 1. The SMILES string of the molecule is Cc1cc(C(=O)N2CCC(C)(CN)C2)c(C)n1-c1cccc(Cl)c1. The fourth-order valence-electron chi connectivity index (χ4n) is 3.53. The van der Waals surface area contributed by atoms with Crippen LogP contribution < -0.4 is 5.73 Å². The lowest BCUT2D eigenvalue weighted by molar-refractivity contribution is 0.0776. The lowest BCUT2D eigenvalue weighted by Gasteiger charge is -2.22. The number of aryl methyl sites for hydroxylation is 1. The van der Waals surface area contributed by atoms with Gasteiger partial charge in [-0.1, -0.05) is 24.6 Å². The van der Waals surface area contributed by atoms with Crippen LogP contribution >= 0.6 is 11.6 Å². The molecule has 1 aromatic carbocycles. The number of halogens is 1. The maximum atomic E-state index is 13.0. The third-order valence-electron chi connectivity index (χ3n) is 5.07. The summed E-state index contributed by atoms with van der Waals surface area (Å²) in [5.41, 5.74) is 9.61.